The molecule has 18 heavy (non-hydrogen) atoms. The molecule has 2 rings (SSSR count). The Balaban J connectivity index is 1.86. The average Bonchev–Trinajstić information content (AvgIpc) is 2.37. The lowest BCUT2D eigenvalue weighted by Crippen LogP contribution is -2.15. The van der Waals surface area contributed by atoms with Gasteiger partial charge >= 0.3 is 5.97 Å². The predicted molar refractivity (Wildman–Crippen MR) is 69.9 cm³/mol. The number of ether oxygens (including phenoxy) is 1. The summed E-state index contributed by atoms with van der Waals surface area (Å²) in [6, 6.07) is 7.40. The first-order chi connectivity index (χ1) is 8.74. The third-order valence-electron chi connectivity index (χ3n) is 3.46. The lowest BCUT2D eigenvalue weighted by atomic mass is 9.90. The summed E-state index contributed by atoms with van der Waals surface area (Å²) in [5, 5.41) is 8.75. The molecule has 1 aliphatic rings. The molecule has 0 amide bonds. The monoisotopic (exact) mass is 248 g/mol. The molecule has 1 fully saturated rings. The highest BCUT2D eigenvalue weighted by Gasteiger charge is 2.14. The van der Waals surface area contributed by atoms with E-state index in [0.29, 0.717) is 5.92 Å². The molecule has 3 heteroatoms. The molecular weight excluding hydrogens is 228 g/mol. The summed E-state index contributed by atoms with van der Waals surface area (Å²) >= 11 is 0. The van der Waals surface area contributed by atoms with Crippen molar-refractivity contribution in [3.63, 3.8) is 0 Å². The third kappa shape index (κ3) is 4.06. The first-order valence-corrected chi connectivity index (χ1v) is 6.67. The van der Waals surface area contributed by atoms with E-state index >= 15 is 0 Å². The molecule has 1 aliphatic carbocycles. The maximum atomic E-state index is 10.6. The van der Waals surface area contributed by atoms with Gasteiger partial charge in [0.1, 0.15) is 5.75 Å². The van der Waals surface area contributed by atoms with Gasteiger partial charge in [0, 0.05) is 0 Å². The summed E-state index contributed by atoms with van der Waals surface area (Å²) in [4.78, 5) is 10.6. The van der Waals surface area contributed by atoms with Gasteiger partial charge in [-0.2, -0.15) is 0 Å². The number of aliphatic carboxylic acids is 1. The zero-order chi connectivity index (χ0) is 12.8. The average molecular weight is 248 g/mol. The molecule has 0 unspecified atom stereocenters. The number of benzene rings is 1. The van der Waals surface area contributed by atoms with Crippen LogP contribution in [-0.2, 0) is 11.2 Å². The Morgan fingerprint density at radius 2 is 2.06 bits per heavy atom. The molecular formula is C15H20O3. The molecule has 98 valence electrons. The van der Waals surface area contributed by atoms with E-state index < -0.39 is 5.97 Å². The normalized spacial score (nSPS) is 16.4. The fourth-order valence-corrected chi connectivity index (χ4v) is 2.49. The van der Waals surface area contributed by atoms with Crippen LogP contribution in [0.1, 0.15) is 37.7 Å². The van der Waals surface area contributed by atoms with Gasteiger partial charge in [0.15, 0.2) is 0 Å². The van der Waals surface area contributed by atoms with Crippen LogP contribution >= 0.6 is 0 Å². The number of hydrogen-bond acceptors (Lipinski definition) is 2. The Morgan fingerprint density at radius 3 is 2.78 bits per heavy atom. The predicted octanol–water partition coefficient (Wildman–Crippen LogP) is 3.27. The summed E-state index contributed by atoms with van der Waals surface area (Å²) < 4.78 is 5.77. The van der Waals surface area contributed by atoms with Crippen LogP contribution < -0.4 is 4.74 Å². The quantitative estimate of drug-likeness (QED) is 0.869. The van der Waals surface area contributed by atoms with Gasteiger partial charge in [0.2, 0.25) is 0 Å². The van der Waals surface area contributed by atoms with Gasteiger partial charge in [-0.25, -0.2) is 0 Å². The summed E-state index contributed by atoms with van der Waals surface area (Å²) in [6.07, 6.45) is 6.55. The van der Waals surface area contributed by atoms with Gasteiger partial charge in [-0.1, -0.05) is 31.4 Å². The Hall–Kier alpha value is -1.51. The van der Waals surface area contributed by atoms with Crippen LogP contribution in [0.15, 0.2) is 24.3 Å². The van der Waals surface area contributed by atoms with E-state index in [9.17, 15) is 4.79 Å². The summed E-state index contributed by atoms with van der Waals surface area (Å²) in [7, 11) is 0. The molecule has 1 aromatic rings. The first kappa shape index (κ1) is 12.9. The lowest BCUT2D eigenvalue weighted by Gasteiger charge is -2.21. The molecule has 3 nitrogen and oxygen atoms in total. The molecule has 0 bridgehead atoms. The molecule has 0 aromatic heterocycles. The van der Waals surface area contributed by atoms with E-state index in [0.717, 1.165) is 17.9 Å². The molecule has 1 aromatic carbocycles. The topological polar surface area (TPSA) is 46.5 Å². The Morgan fingerprint density at radius 1 is 1.28 bits per heavy atom. The van der Waals surface area contributed by atoms with Crippen molar-refractivity contribution in [1.82, 2.24) is 0 Å². The Bertz CT molecular complexity index is 394. The first-order valence-electron chi connectivity index (χ1n) is 6.67. The second-order valence-corrected chi connectivity index (χ2v) is 5.03. The largest absolute Gasteiger partial charge is 0.493 e. The second-order valence-electron chi connectivity index (χ2n) is 5.03. The lowest BCUT2D eigenvalue weighted by molar-refractivity contribution is -0.136. The number of carboxylic acid groups (broad SMARTS) is 1. The Labute approximate surface area is 108 Å². The smallest absolute Gasteiger partial charge is 0.307 e. The van der Waals surface area contributed by atoms with Crippen LogP contribution in [0.5, 0.6) is 5.75 Å². The fraction of sp³-hybridized carbons (Fsp3) is 0.533. The van der Waals surface area contributed by atoms with E-state index in [1.807, 2.05) is 24.3 Å². The van der Waals surface area contributed by atoms with E-state index in [4.69, 9.17) is 9.84 Å². The van der Waals surface area contributed by atoms with Crippen molar-refractivity contribution in [3.8, 4) is 5.75 Å². The molecule has 0 aliphatic heterocycles. The van der Waals surface area contributed by atoms with Crippen LogP contribution in [0.2, 0.25) is 0 Å². The van der Waals surface area contributed by atoms with Gasteiger partial charge in [-0.3, -0.25) is 4.79 Å². The highest BCUT2D eigenvalue weighted by atomic mass is 16.5. The number of carboxylic acids is 1. The highest BCUT2D eigenvalue weighted by Crippen LogP contribution is 2.24. The van der Waals surface area contributed by atoms with Crippen molar-refractivity contribution in [2.24, 2.45) is 5.92 Å². The molecule has 0 saturated heterocycles. The number of rotatable bonds is 5. The third-order valence-corrected chi connectivity index (χ3v) is 3.46. The van der Waals surface area contributed by atoms with E-state index in [1.165, 1.54) is 32.1 Å². The minimum Gasteiger partial charge on any atom is -0.493 e. The van der Waals surface area contributed by atoms with Crippen LogP contribution in [0.25, 0.3) is 0 Å². The maximum Gasteiger partial charge on any atom is 0.307 e. The van der Waals surface area contributed by atoms with E-state index in [-0.39, 0.29) is 6.42 Å². The fourth-order valence-electron chi connectivity index (χ4n) is 2.49. The van der Waals surface area contributed by atoms with Crippen LogP contribution in [-0.4, -0.2) is 17.7 Å². The molecule has 0 atom stereocenters. The van der Waals surface area contributed by atoms with Gasteiger partial charge < -0.3 is 9.84 Å². The van der Waals surface area contributed by atoms with Crippen LogP contribution in [0.4, 0.5) is 0 Å². The van der Waals surface area contributed by atoms with E-state index in [2.05, 4.69) is 0 Å². The van der Waals surface area contributed by atoms with Crippen molar-refractivity contribution in [3.05, 3.63) is 29.8 Å². The van der Waals surface area contributed by atoms with Crippen molar-refractivity contribution >= 4 is 5.97 Å². The Kier molecular flexibility index (Phi) is 4.62. The number of hydrogen-bond donors (Lipinski definition) is 1. The molecule has 1 N–H and O–H groups in total. The van der Waals surface area contributed by atoms with Gasteiger partial charge in [-0.05, 0) is 36.5 Å². The van der Waals surface area contributed by atoms with Crippen LogP contribution in [0, 0.1) is 5.92 Å². The van der Waals surface area contributed by atoms with E-state index in [1.54, 1.807) is 0 Å². The summed E-state index contributed by atoms with van der Waals surface area (Å²) in [5.74, 6) is 0.653. The summed E-state index contributed by atoms with van der Waals surface area (Å²) in [6.45, 7) is 0.760. The molecule has 0 heterocycles. The van der Waals surface area contributed by atoms with Crippen molar-refractivity contribution in [2.75, 3.05) is 6.61 Å². The standard InChI is InChI=1S/C15H20O3/c16-15(17)10-13-7-4-8-14(9-13)18-11-12-5-2-1-3-6-12/h4,7-9,12H,1-3,5-6,10-11H2,(H,16,17). The maximum absolute atomic E-state index is 10.6. The number of carbonyl (C=O) groups is 1. The zero-order valence-corrected chi connectivity index (χ0v) is 10.6. The molecule has 0 radical (unpaired) electrons. The van der Waals surface area contributed by atoms with Crippen molar-refractivity contribution in [1.29, 1.82) is 0 Å². The van der Waals surface area contributed by atoms with Crippen molar-refractivity contribution in [2.45, 2.75) is 38.5 Å². The SMILES string of the molecule is O=C(O)Cc1cccc(OCC2CCCCC2)c1. The second kappa shape index (κ2) is 6.43. The van der Waals surface area contributed by atoms with Gasteiger partial charge in [0.25, 0.3) is 0 Å². The minimum atomic E-state index is -0.806. The van der Waals surface area contributed by atoms with Crippen LogP contribution in [0.3, 0.4) is 0 Å². The molecule has 0 spiro atoms. The summed E-state index contributed by atoms with van der Waals surface area (Å²) in [5.41, 5.74) is 0.795. The minimum absolute atomic E-state index is 0.0562. The zero-order valence-electron chi connectivity index (χ0n) is 10.6. The van der Waals surface area contributed by atoms with Gasteiger partial charge in [-0.15, -0.1) is 0 Å². The highest BCUT2D eigenvalue weighted by molar-refractivity contribution is 5.70. The van der Waals surface area contributed by atoms with Crippen molar-refractivity contribution < 1.29 is 14.6 Å². The van der Waals surface area contributed by atoms with Gasteiger partial charge in [0.05, 0.1) is 13.0 Å². The molecule has 1 saturated carbocycles.